The van der Waals surface area contributed by atoms with Gasteiger partial charge in [0.05, 0.1) is 6.61 Å². The van der Waals surface area contributed by atoms with Crippen LogP contribution in [0, 0.1) is 12.3 Å². The maximum absolute atomic E-state index is 12.3. The quantitative estimate of drug-likeness (QED) is 0.800. The van der Waals surface area contributed by atoms with E-state index in [9.17, 15) is 14.7 Å². The second kappa shape index (κ2) is 8.85. The van der Waals surface area contributed by atoms with Crippen molar-refractivity contribution in [1.82, 2.24) is 9.80 Å². The molecule has 0 bridgehead atoms. The summed E-state index contributed by atoms with van der Waals surface area (Å²) in [5, 5.41) is 12.2. The summed E-state index contributed by atoms with van der Waals surface area (Å²) < 4.78 is 0. The Bertz CT molecular complexity index is 678. The number of likely N-dealkylation sites (tertiary alicyclic amines) is 2. The SMILES string of the molecule is Cc1ccccc1NC(=O)CCN1CCCC2(CCC(=O)N(CCO)C2)C1. The number of anilines is 1. The molecule has 2 N–H and O–H groups in total. The standard InChI is InChI=1S/C21H31N3O3/c1-17-5-2-3-6-18(17)22-19(26)8-12-23-11-4-9-21(15-23)10-7-20(27)24(16-21)13-14-25/h2-3,5-6,25H,4,7-16H2,1H3,(H,22,26). The number of aliphatic hydroxyl groups excluding tert-OH is 1. The lowest BCUT2D eigenvalue weighted by Crippen LogP contribution is -2.54. The van der Waals surface area contributed by atoms with Crippen molar-refractivity contribution in [2.24, 2.45) is 5.41 Å². The summed E-state index contributed by atoms with van der Waals surface area (Å²) in [4.78, 5) is 28.6. The van der Waals surface area contributed by atoms with Crippen molar-refractivity contribution < 1.29 is 14.7 Å². The van der Waals surface area contributed by atoms with Gasteiger partial charge in [-0.2, -0.15) is 0 Å². The molecule has 0 saturated carbocycles. The summed E-state index contributed by atoms with van der Waals surface area (Å²) in [7, 11) is 0. The molecule has 0 aromatic heterocycles. The largest absolute Gasteiger partial charge is 0.395 e. The average molecular weight is 373 g/mol. The van der Waals surface area contributed by atoms with E-state index in [0.717, 1.165) is 56.7 Å². The van der Waals surface area contributed by atoms with Crippen LogP contribution in [0.1, 0.15) is 37.7 Å². The fourth-order valence-corrected chi connectivity index (χ4v) is 4.45. The molecule has 1 aromatic rings. The molecule has 0 radical (unpaired) electrons. The van der Waals surface area contributed by atoms with Crippen molar-refractivity contribution in [1.29, 1.82) is 0 Å². The van der Waals surface area contributed by atoms with Crippen LogP contribution in [-0.2, 0) is 9.59 Å². The van der Waals surface area contributed by atoms with Crippen molar-refractivity contribution in [2.45, 2.75) is 39.0 Å². The summed E-state index contributed by atoms with van der Waals surface area (Å²) >= 11 is 0. The van der Waals surface area contributed by atoms with Crippen molar-refractivity contribution in [3.8, 4) is 0 Å². The number of nitrogens with one attached hydrogen (secondary N) is 1. The van der Waals surface area contributed by atoms with Crippen LogP contribution in [-0.4, -0.2) is 66.1 Å². The highest BCUT2D eigenvalue weighted by Gasteiger charge is 2.41. The van der Waals surface area contributed by atoms with Crippen LogP contribution < -0.4 is 5.32 Å². The van der Waals surface area contributed by atoms with Gasteiger partial charge < -0.3 is 20.2 Å². The van der Waals surface area contributed by atoms with Gasteiger partial charge in [0.25, 0.3) is 0 Å². The maximum atomic E-state index is 12.3. The summed E-state index contributed by atoms with van der Waals surface area (Å²) in [5.41, 5.74) is 2.06. The first-order valence-corrected chi connectivity index (χ1v) is 9.98. The number of aryl methyl sites for hydroxylation is 1. The van der Waals surface area contributed by atoms with E-state index in [2.05, 4.69) is 10.2 Å². The molecular formula is C21H31N3O3. The third-order valence-electron chi connectivity index (χ3n) is 5.93. The molecule has 27 heavy (non-hydrogen) atoms. The summed E-state index contributed by atoms with van der Waals surface area (Å²) in [6.45, 7) is 5.86. The number of aliphatic hydroxyl groups is 1. The Hall–Kier alpha value is -1.92. The number of rotatable bonds is 6. The van der Waals surface area contributed by atoms with Crippen molar-refractivity contribution in [3.63, 3.8) is 0 Å². The highest BCUT2D eigenvalue weighted by atomic mass is 16.3. The van der Waals surface area contributed by atoms with Crippen molar-refractivity contribution in [3.05, 3.63) is 29.8 Å². The summed E-state index contributed by atoms with van der Waals surface area (Å²) in [6.07, 6.45) is 4.18. The number of para-hydroxylation sites is 1. The van der Waals surface area contributed by atoms with Gasteiger partial charge in [-0.05, 0) is 44.4 Å². The molecule has 2 fully saturated rings. The first-order valence-electron chi connectivity index (χ1n) is 9.98. The predicted molar refractivity (Wildman–Crippen MR) is 105 cm³/mol. The predicted octanol–water partition coefficient (Wildman–Crippen LogP) is 2.02. The first-order chi connectivity index (χ1) is 13.0. The minimum atomic E-state index is 0.0185. The van der Waals surface area contributed by atoms with E-state index in [1.54, 1.807) is 0 Å². The summed E-state index contributed by atoms with van der Waals surface area (Å²) in [6, 6.07) is 7.82. The van der Waals surface area contributed by atoms with E-state index < -0.39 is 0 Å². The van der Waals surface area contributed by atoms with Crippen LogP contribution in [0.25, 0.3) is 0 Å². The van der Waals surface area contributed by atoms with Crippen molar-refractivity contribution >= 4 is 17.5 Å². The molecule has 1 aromatic carbocycles. The molecular weight excluding hydrogens is 342 g/mol. The molecule has 3 rings (SSSR count). The van der Waals surface area contributed by atoms with Gasteiger partial charge in [-0.3, -0.25) is 9.59 Å². The minimum Gasteiger partial charge on any atom is -0.395 e. The zero-order chi connectivity index (χ0) is 19.3. The number of nitrogens with zero attached hydrogens (tertiary/aromatic N) is 2. The number of β-amino-alcohol motifs (C(OH)–C–C–N with tert-alkyl or cyclic N) is 1. The van der Waals surface area contributed by atoms with Gasteiger partial charge >= 0.3 is 0 Å². The molecule has 2 saturated heterocycles. The zero-order valence-corrected chi connectivity index (χ0v) is 16.2. The zero-order valence-electron chi connectivity index (χ0n) is 16.2. The van der Waals surface area contributed by atoms with Crippen LogP contribution in [0.15, 0.2) is 24.3 Å². The van der Waals surface area contributed by atoms with Crippen LogP contribution in [0.2, 0.25) is 0 Å². The number of amides is 2. The normalized spacial score (nSPS) is 23.6. The van der Waals surface area contributed by atoms with E-state index in [4.69, 9.17) is 0 Å². The lowest BCUT2D eigenvalue weighted by atomic mass is 9.73. The van der Waals surface area contributed by atoms with Gasteiger partial charge in [-0.15, -0.1) is 0 Å². The minimum absolute atomic E-state index is 0.0185. The average Bonchev–Trinajstić information content (AvgIpc) is 2.66. The summed E-state index contributed by atoms with van der Waals surface area (Å²) in [5.74, 6) is 0.203. The Balaban J connectivity index is 1.52. The van der Waals surface area contributed by atoms with E-state index in [1.165, 1.54) is 0 Å². The molecule has 0 aliphatic carbocycles. The molecule has 6 nitrogen and oxygen atoms in total. The second-order valence-electron chi connectivity index (χ2n) is 8.03. The molecule has 2 aliphatic heterocycles. The highest BCUT2D eigenvalue weighted by Crippen LogP contribution is 2.38. The number of hydrogen-bond acceptors (Lipinski definition) is 4. The molecule has 2 aliphatic rings. The molecule has 2 amide bonds. The van der Waals surface area contributed by atoms with Gasteiger partial charge in [0, 0.05) is 50.1 Å². The van der Waals surface area contributed by atoms with Gasteiger partial charge in [-0.25, -0.2) is 0 Å². The Morgan fingerprint density at radius 3 is 2.81 bits per heavy atom. The lowest BCUT2D eigenvalue weighted by Gasteiger charge is -2.48. The number of benzene rings is 1. The molecule has 2 heterocycles. The number of carbonyl (C=O) groups is 2. The Kier molecular flexibility index (Phi) is 6.50. The second-order valence-corrected chi connectivity index (χ2v) is 8.03. The van der Waals surface area contributed by atoms with Crippen LogP contribution in [0.3, 0.4) is 0 Å². The Morgan fingerprint density at radius 2 is 2.04 bits per heavy atom. The van der Waals surface area contributed by atoms with Gasteiger partial charge in [0.15, 0.2) is 0 Å². The topological polar surface area (TPSA) is 72.9 Å². The van der Waals surface area contributed by atoms with Crippen molar-refractivity contribution in [2.75, 3.05) is 44.6 Å². The van der Waals surface area contributed by atoms with Gasteiger partial charge in [-0.1, -0.05) is 18.2 Å². The van der Waals surface area contributed by atoms with E-state index in [1.807, 2.05) is 36.1 Å². The Morgan fingerprint density at radius 1 is 1.22 bits per heavy atom. The molecule has 6 heteroatoms. The third kappa shape index (κ3) is 5.08. The number of carbonyl (C=O) groups excluding carboxylic acids is 2. The van der Waals surface area contributed by atoms with Gasteiger partial charge in [0.1, 0.15) is 0 Å². The van der Waals surface area contributed by atoms with Crippen LogP contribution in [0.4, 0.5) is 5.69 Å². The Labute approximate surface area is 161 Å². The van der Waals surface area contributed by atoms with Crippen LogP contribution in [0.5, 0.6) is 0 Å². The first kappa shape index (κ1) is 19.8. The molecule has 1 unspecified atom stereocenters. The molecule has 1 atom stereocenters. The molecule has 148 valence electrons. The van der Waals surface area contributed by atoms with E-state index in [-0.39, 0.29) is 23.8 Å². The maximum Gasteiger partial charge on any atom is 0.225 e. The smallest absolute Gasteiger partial charge is 0.225 e. The lowest BCUT2D eigenvalue weighted by molar-refractivity contribution is -0.140. The monoisotopic (exact) mass is 373 g/mol. The van der Waals surface area contributed by atoms with Gasteiger partial charge in [0.2, 0.25) is 11.8 Å². The van der Waals surface area contributed by atoms with E-state index in [0.29, 0.717) is 19.4 Å². The van der Waals surface area contributed by atoms with Crippen LogP contribution >= 0.6 is 0 Å². The van der Waals surface area contributed by atoms with E-state index >= 15 is 0 Å². The highest BCUT2D eigenvalue weighted by molar-refractivity contribution is 5.91. The third-order valence-corrected chi connectivity index (χ3v) is 5.93. The number of piperidine rings is 2. The molecule has 1 spiro atoms. The number of hydrogen-bond donors (Lipinski definition) is 2. The fraction of sp³-hybridized carbons (Fsp3) is 0.619. The fourth-order valence-electron chi connectivity index (χ4n) is 4.45.